The van der Waals surface area contributed by atoms with Crippen molar-refractivity contribution in [2.24, 2.45) is 0 Å². The Balaban J connectivity index is 1.53. The first-order valence-corrected chi connectivity index (χ1v) is 19.9. The molecule has 0 aliphatic carbocycles. The van der Waals surface area contributed by atoms with Crippen LogP contribution in [0.1, 0.15) is 70.1 Å². The molecule has 2 aliphatic rings. The van der Waals surface area contributed by atoms with Crippen LogP contribution in [0.2, 0.25) is 0 Å². The molecular formula is C37H51F2N9O4S. The Morgan fingerprint density at radius 2 is 1.79 bits per heavy atom. The van der Waals surface area contributed by atoms with Crippen molar-refractivity contribution in [1.82, 2.24) is 29.5 Å². The fourth-order valence-corrected chi connectivity index (χ4v) is 6.86. The molecule has 0 bridgehead atoms. The lowest BCUT2D eigenvalue weighted by Gasteiger charge is -2.45. The lowest BCUT2D eigenvalue weighted by atomic mass is 9.83. The Hall–Kier alpha value is -4.33. The number of nitrogens with one attached hydrogen (secondary N) is 1. The van der Waals surface area contributed by atoms with Crippen LogP contribution in [0, 0.1) is 11.3 Å². The number of carbonyl (C=O) groups is 2. The number of aromatic nitrogens is 4. The lowest BCUT2D eigenvalue weighted by molar-refractivity contribution is 0.0575. The van der Waals surface area contributed by atoms with Gasteiger partial charge < -0.3 is 24.0 Å². The standard InChI is InChI=1S/C37H51F2N9O4S/c1-35(2,3)52-34(50)48-22-37(7,23-51-53(9,10)36(4,5)6)26-18-24(17-25(19-40)31(26)48)27-11-12-41-33(42-27)43-28-20-47(21-29(38)39)44-30(28)32(49)46-15-13-45(8)14-16-46/h11-12,17-18,20,29H,13-16,21-23H2,1-10H3,(H,41,42,43). The molecule has 5 rings (SSSR count). The van der Waals surface area contributed by atoms with Crippen LogP contribution in [0.15, 0.2) is 30.6 Å². The average Bonchev–Trinajstić information content (AvgIpc) is 3.59. The zero-order valence-electron chi connectivity index (χ0n) is 32.3. The first kappa shape index (κ1) is 39.9. The molecule has 0 saturated carbocycles. The summed E-state index contributed by atoms with van der Waals surface area (Å²) in [5.41, 5.74) is 1.22. The van der Waals surface area contributed by atoms with E-state index in [2.05, 4.69) is 59.7 Å². The molecule has 2 aromatic heterocycles. The summed E-state index contributed by atoms with van der Waals surface area (Å²) in [5, 5.41) is 17.7. The van der Waals surface area contributed by atoms with Gasteiger partial charge in [0.2, 0.25) is 5.95 Å². The number of benzene rings is 1. The van der Waals surface area contributed by atoms with Gasteiger partial charge in [-0.25, -0.2) is 23.5 Å². The normalized spacial score (nSPS) is 18.6. The van der Waals surface area contributed by atoms with Crippen LogP contribution in [0.25, 0.3) is 11.3 Å². The van der Waals surface area contributed by atoms with Gasteiger partial charge in [0.15, 0.2) is 5.69 Å². The molecule has 4 heterocycles. The Morgan fingerprint density at radius 1 is 1.11 bits per heavy atom. The van der Waals surface area contributed by atoms with E-state index in [4.69, 9.17) is 13.9 Å². The third-order valence-electron chi connectivity index (χ3n) is 9.70. The molecule has 2 amide bonds. The summed E-state index contributed by atoms with van der Waals surface area (Å²) in [6.07, 6.45) is 3.88. The number of hydrogen-bond donors (Lipinski definition) is 1. The molecule has 1 unspecified atom stereocenters. The second-order valence-corrected chi connectivity index (χ2v) is 20.2. The van der Waals surface area contributed by atoms with Crippen molar-refractivity contribution in [2.75, 3.05) is 69.1 Å². The van der Waals surface area contributed by atoms with Gasteiger partial charge in [-0.3, -0.25) is 14.4 Å². The highest BCUT2D eigenvalue weighted by atomic mass is 32.3. The third-order valence-corrected chi connectivity index (χ3v) is 13.4. The van der Waals surface area contributed by atoms with Crippen molar-refractivity contribution in [2.45, 2.75) is 77.2 Å². The lowest BCUT2D eigenvalue weighted by Crippen LogP contribution is -2.47. The summed E-state index contributed by atoms with van der Waals surface area (Å²) in [7, 11) is 0.433. The minimum Gasteiger partial charge on any atom is -0.443 e. The highest BCUT2D eigenvalue weighted by Gasteiger charge is 2.46. The summed E-state index contributed by atoms with van der Waals surface area (Å²) in [6, 6.07) is 7.55. The summed E-state index contributed by atoms with van der Waals surface area (Å²) < 4.78 is 40.1. The smallest absolute Gasteiger partial charge is 0.414 e. The number of nitrogens with zero attached hydrogens (tertiary/aromatic N) is 8. The van der Waals surface area contributed by atoms with Crippen LogP contribution in [-0.4, -0.2) is 117 Å². The van der Waals surface area contributed by atoms with E-state index in [9.17, 15) is 23.6 Å². The van der Waals surface area contributed by atoms with E-state index < -0.39 is 40.4 Å². The molecule has 53 heavy (non-hydrogen) atoms. The topological polar surface area (TPSA) is 142 Å². The number of fused-ring (bicyclic) bond motifs is 1. The van der Waals surface area contributed by atoms with E-state index in [1.165, 1.54) is 17.3 Å². The zero-order chi connectivity index (χ0) is 39.1. The molecular weight excluding hydrogens is 705 g/mol. The number of halogens is 2. The van der Waals surface area contributed by atoms with Gasteiger partial charge in [0.25, 0.3) is 12.3 Å². The molecule has 1 atom stereocenters. The monoisotopic (exact) mass is 755 g/mol. The molecule has 1 N–H and O–H groups in total. The Kier molecular flexibility index (Phi) is 11.2. The van der Waals surface area contributed by atoms with E-state index >= 15 is 0 Å². The van der Waals surface area contributed by atoms with E-state index in [1.54, 1.807) is 37.8 Å². The Labute approximate surface area is 312 Å². The van der Waals surface area contributed by atoms with Crippen molar-refractivity contribution in [3.8, 4) is 17.3 Å². The number of piperazine rings is 1. The molecule has 2 aliphatic heterocycles. The molecule has 3 aromatic rings. The van der Waals surface area contributed by atoms with Crippen LogP contribution in [0.3, 0.4) is 0 Å². The predicted molar refractivity (Wildman–Crippen MR) is 203 cm³/mol. The summed E-state index contributed by atoms with van der Waals surface area (Å²) in [6.45, 7) is 16.0. The fraction of sp³-hybridized carbons (Fsp3) is 0.568. The molecule has 288 valence electrons. The zero-order valence-corrected chi connectivity index (χ0v) is 33.1. The van der Waals surface area contributed by atoms with E-state index in [0.29, 0.717) is 43.1 Å². The molecule has 16 heteroatoms. The van der Waals surface area contributed by atoms with Gasteiger partial charge in [-0.1, -0.05) is 27.7 Å². The molecule has 1 fully saturated rings. The number of hydrogen-bond acceptors (Lipinski definition) is 10. The third kappa shape index (κ3) is 8.90. The van der Waals surface area contributed by atoms with Gasteiger partial charge in [0, 0.05) is 60.8 Å². The minimum absolute atomic E-state index is 0.00758. The summed E-state index contributed by atoms with van der Waals surface area (Å²) >= 11 is 0. The van der Waals surface area contributed by atoms with E-state index in [0.717, 1.165) is 10.2 Å². The fourth-order valence-electron chi connectivity index (χ4n) is 5.95. The van der Waals surface area contributed by atoms with Gasteiger partial charge in [0.1, 0.15) is 18.2 Å². The number of carbonyl (C=O) groups excluding carboxylic acids is 2. The van der Waals surface area contributed by atoms with E-state index in [-0.39, 0.29) is 46.7 Å². The maximum Gasteiger partial charge on any atom is 0.414 e. The predicted octanol–water partition coefficient (Wildman–Crippen LogP) is 6.42. The van der Waals surface area contributed by atoms with Crippen molar-refractivity contribution in [3.05, 3.63) is 47.4 Å². The SMILES string of the molecule is CN1CCN(C(=O)c2nn(CC(F)F)cc2Nc2nccc(-c3cc(C#N)c4c(c3)C(C)(COS(C)(C)C(C)(C)C)CN4C(=O)OC(C)(C)C)n2)CC1. The van der Waals surface area contributed by atoms with Gasteiger partial charge in [0.05, 0.1) is 29.2 Å². The molecule has 1 aromatic carbocycles. The first-order chi connectivity index (χ1) is 24.6. The maximum absolute atomic E-state index is 13.6. The summed E-state index contributed by atoms with van der Waals surface area (Å²) in [4.78, 5) is 41.5. The molecule has 0 spiro atoms. The maximum atomic E-state index is 13.6. The van der Waals surface area contributed by atoms with Gasteiger partial charge in [-0.15, -0.1) is 10.3 Å². The van der Waals surface area contributed by atoms with Gasteiger partial charge >= 0.3 is 6.09 Å². The second-order valence-electron chi connectivity index (χ2n) is 16.3. The van der Waals surface area contributed by atoms with Crippen molar-refractivity contribution < 1.29 is 27.3 Å². The van der Waals surface area contributed by atoms with Crippen LogP contribution in [0.5, 0.6) is 0 Å². The minimum atomic E-state index is -2.67. The number of likely N-dealkylation sites (N-methyl/N-ethyl adjacent to an activating group) is 1. The number of anilines is 3. The highest BCUT2D eigenvalue weighted by molar-refractivity contribution is 8.29. The largest absolute Gasteiger partial charge is 0.443 e. The molecule has 0 radical (unpaired) electrons. The van der Waals surface area contributed by atoms with Crippen LogP contribution >= 0.6 is 10.3 Å². The first-order valence-electron chi connectivity index (χ1n) is 17.5. The van der Waals surface area contributed by atoms with Crippen LogP contribution in [0.4, 0.5) is 30.9 Å². The molecule has 13 nitrogen and oxygen atoms in total. The summed E-state index contributed by atoms with van der Waals surface area (Å²) in [5.74, 6) is -0.280. The number of amides is 2. The van der Waals surface area contributed by atoms with Crippen molar-refractivity contribution in [3.63, 3.8) is 0 Å². The highest BCUT2D eigenvalue weighted by Crippen LogP contribution is 2.56. The quantitative estimate of drug-likeness (QED) is 0.260. The number of rotatable bonds is 9. The van der Waals surface area contributed by atoms with Crippen LogP contribution in [-0.2, 0) is 20.9 Å². The molecule has 1 saturated heterocycles. The van der Waals surface area contributed by atoms with Gasteiger partial charge in [-0.2, -0.15) is 10.4 Å². The number of ether oxygens (including phenoxy) is 1. The average molecular weight is 756 g/mol. The van der Waals surface area contributed by atoms with E-state index in [1.807, 2.05) is 20.0 Å². The van der Waals surface area contributed by atoms with Gasteiger partial charge in [-0.05, 0) is 64.1 Å². The second kappa shape index (κ2) is 14.8. The van der Waals surface area contributed by atoms with Crippen molar-refractivity contribution >= 4 is 39.6 Å². The number of alkyl halides is 2. The van der Waals surface area contributed by atoms with Crippen molar-refractivity contribution in [1.29, 1.82) is 5.26 Å². The van der Waals surface area contributed by atoms with Crippen LogP contribution < -0.4 is 10.2 Å². The Morgan fingerprint density at radius 3 is 2.40 bits per heavy atom. The number of nitriles is 1. The Bertz CT molecular complexity index is 1890.